The second-order valence-electron chi connectivity index (χ2n) is 4.32. The first-order valence-corrected chi connectivity index (χ1v) is 5.59. The van der Waals surface area contributed by atoms with Crippen LogP contribution in [0.4, 0.5) is 0 Å². The molecule has 1 aliphatic rings. The lowest BCUT2D eigenvalue weighted by Gasteiger charge is -2.26. The van der Waals surface area contributed by atoms with Crippen molar-refractivity contribution < 1.29 is 0 Å². The first kappa shape index (κ1) is 16.4. The maximum absolute atomic E-state index is 3.33. The summed E-state index contributed by atoms with van der Waals surface area (Å²) in [4.78, 5) is 2.51. The standard InChI is InChI=1S/C7H16N2.C4H10.CH4/c1-2-5-9-6-3-8-4-7-9;1-4(2)3;/h8H,2-7H2,1H3;4H,1-3H3;1H4. The van der Waals surface area contributed by atoms with Crippen LogP contribution in [0.2, 0.25) is 0 Å². The summed E-state index contributed by atoms with van der Waals surface area (Å²) in [7, 11) is 0. The van der Waals surface area contributed by atoms with Crippen molar-refractivity contribution >= 4 is 0 Å². The highest BCUT2D eigenvalue weighted by Gasteiger charge is 2.06. The average molecular weight is 202 g/mol. The quantitative estimate of drug-likeness (QED) is 0.740. The van der Waals surface area contributed by atoms with E-state index in [1.807, 2.05) is 0 Å². The monoisotopic (exact) mass is 202 g/mol. The molecule has 1 aliphatic heterocycles. The van der Waals surface area contributed by atoms with Gasteiger partial charge in [-0.1, -0.05) is 35.1 Å². The zero-order chi connectivity index (χ0) is 10.1. The Hall–Kier alpha value is -0.0800. The van der Waals surface area contributed by atoms with E-state index in [9.17, 15) is 0 Å². The molecule has 0 radical (unpaired) electrons. The maximum Gasteiger partial charge on any atom is 0.0107 e. The van der Waals surface area contributed by atoms with E-state index >= 15 is 0 Å². The van der Waals surface area contributed by atoms with Crippen LogP contribution in [-0.4, -0.2) is 37.6 Å². The van der Waals surface area contributed by atoms with Crippen molar-refractivity contribution in [2.24, 2.45) is 5.92 Å². The van der Waals surface area contributed by atoms with Crippen LogP contribution in [0, 0.1) is 5.92 Å². The molecule has 0 aromatic rings. The summed E-state index contributed by atoms with van der Waals surface area (Å²) < 4.78 is 0. The van der Waals surface area contributed by atoms with Gasteiger partial charge in [-0.2, -0.15) is 0 Å². The Labute approximate surface area is 91.1 Å². The van der Waals surface area contributed by atoms with E-state index in [0.29, 0.717) is 0 Å². The molecular formula is C12H30N2. The molecule has 0 saturated carbocycles. The number of piperazine rings is 1. The zero-order valence-electron chi connectivity index (χ0n) is 9.77. The molecule has 1 saturated heterocycles. The van der Waals surface area contributed by atoms with Crippen molar-refractivity contribution in [2.45, 2.75) is 41.5 Å². The molecule has 0 unspecified atom stereocenters. The molecule has 1 fully saturated rings. The summed E-state index contributed by atoms with van der Waals surface area (Å²) in [6, 6.07) is 0. The van der Waals surface area contributed by atoms with Gasteiger partial charge in [0, 0.05) is 26.2 Å². The SMILES string of the molecule is C.CC(C)C.CCCN1CCNCC1. The molecule has 14 heavy (non-hydrogen) atoms. The van der Waals surface area contributed by atoms with Crippen LogP contribution >= 0.6 is 0 Å². The van der Waals surface area contributed by atoms with Gasteiger partial charge in [-0.05, 0) is 18.9 Å². The Morgan fingerprint density at radius 2 is 1.57 bits per heavy atom. The summed E-state index contributed by atoms with van der Waals surface area (Å²) in [5.74, 6) is 0.833. The maximum atomic E-state index is 3.33. The number of hydrogen-bond donors (Lipinski definition) is 1. The van der Waals surface area contributed by atoms with Crippen molar-refractivity contribution in [3.63, 3.8) is 0 Å². The van der Waals surface area contributed by atoms with E-state index in [1.165, 1.54) is 39.1 Å². The van der Waals surface area contributed by atoms with Gasteiger partial charge in [0.1, 0.15) is 0 Å². The first-order chi connectivity index (χ1) is 6.16. The second kappa shape index (κ2) is 11.0. The van der Waals surface area contributed by atoms with Gasteiger partial charge in [-0.15, -0.1) is 0 Å². The summed E-state index contributed by atoms with van der Waals surface area (Å²) in [5, 5.41) is 3.33. The smallest absolute Gasteiger partial charge is 0.0107 e. The lowest BCUT2D eigenvalue weighted by Crippen LogP contribution is -2.43. The lowest BCUT2D eigenvalue weighted by molar-refractivity contribution is 0.241. The fourth-order valence-electron chi connectivity index (χ4n) is 1.25. The largest absolute Gasteiger partial charge is 0.314 e. The minimum absolute atomic E-state index is 0. The van der Waals surface area contributed by atoms with Gasteiger partial charge < -0.3 is 10.2 Å². The third-order valence-electron chi connectivity index (χ3n) is 1.75. The number of hydrogen-bond acceptors (Lipinski definition) is 2. The predicted octanol–water partition coefficient (Wildman–Crippen LogP) is 2.60. The molecule has 0 aliphatic carbocycles. The zero-order valence-corrected chi connectivity index (χ0v) is 9.77. The third-order valence-corrected chi connectivity index (χ3v) is 1.75. The highest BCUT2D eigenvalue weighted by Crippen LogP contribution is 1.92. The molecule has 88 valence electrons. The summed E-state index contributed by atoms with van der Waals surface area (Å²) in [6.45, 7) is 14.9. The molecule has 0 atom stereocenters. The van der Waals surface area contributed by atoms with Crippen molar-refractivity contribution in [2.75, 3.05) is 32.7 Å². The van der Waals surface area contributed by atoms with Gasteiger partial charge in [0.2, 0.25) is 0 Å². The van der Waals surface area contributed by atoms with Crippen LogP contribution < -0.4 is 5.32 Å². The first-order valence-electron chi connectivity index (χ1n) is 5.59. The minimum Gasteiger partial charge on any atom is -0.314 e. The van der Waals surface area contributed by atoms with Crippen molar-refractivity contribution in [1.82, 2.24) is 10.2 Å². The van der Waals surface area contributed by atoms with E-state index in [4.69, 9.17) is 0 Å². The van der Waals surface area contributed by atoms with E-state index < -0.39 is 0 Å². The number of nitrogens with zero attached hydrogens (tertiary/aromatic N) is 1. The summed E-state index contributed by atoms with van der Waals surface area (Å²) in [6.07, 6.45) is 1.29. The van der Waals surface area contributed by atoms with Crippen LogP contribution in [0.1, 0.15) is 41.5 Å². The van der Waals surface area contributed by atoms with Crippen LogP contribution in [-0.2, 0) is 0 Å². The van der Waals surface area contributed by atoms with Gasteiger partial charge in [-0.3, -0.25) is 0 Å². The van der Waals surface area contributed by atoms with Crippen LogP contribution in [0.25, 0.3) is 0 Å². The molecule has 0 spiro atoms. The fraction of sp³-hybridized carbons (Fsp3) is 1.00. The van der Waals surface area contributed by atoms with Crippen LogP contribution in [0.15, 0.2) is 0 Å². The van der Waals surface area contributed by atoms with E-state index in [-0.39, 0.29) is 7.43 Å². The topological polar surface area (TPSA) is 15.3 Å². The van der Waals surface area contributed by atoms with E-state index in [1.54, 1.807) is 0 Å². The fourth-order valence-corrected chi connectivity index (χ4v) is 1.25. The van der Waals surface area contributed by atoms with Gasteiger partial charge >= 0.3 is 0 Å². The molecule has 0 aromatic carbocycles. The lowest BCUT2D eigenvalue weighted by atomic mass is 10.3. The number of rotatable bonds is 2. The highest BCUT2D eigenvalue weighted by molar-refractivity contribution is 4.65. The summed E-state index contributed by atoms with van der Waals surface area (Å²) in [5.41, 5.74) is 0. The molecule has 1 N–H and O–H groups in total. The van der Waals surface area contributed by atoms with Crippen LogP contribution in [0.5, 0.6) is 0 Å². The predicted molar refractivity (Wildman–Crippen MR) is 66.8 cm³/mol. The van der Waals surface area contributed by atoms with Crippen molar-refractivity contribution in [1.29, 1.82) is 0 Å². The molecule has 1 rings (SSSR count). The van der Waals surface area contributed by atoms with Gasteiger partial charge in [0.25, 0.3) is 0 Å². The van der Waals surface area contributed by atoms with E-state index in [0.717, 1.165) is 5.92 Å². The minimum atomic E-state index is 0. The molecular weight excluding hydrogens is 172 g/mol. The summed E-state index contributed by atoms with van der Waals surface area (Å²) >= 11 is 0. The van der Waals surface area contributed by atoms with Gasteiger partial charge in [0.15, 0.2) is 0 Å². The Morgan fingerprint density at radius 3 is 1.93 bits per heavy atom. The van der Waals surface area contributed by atoms with Gasteiger partial charge in [-0.25, -0.2) is 0 Å². The molecule has 1 heterocycles. The molecule has 0 amide bonds. The Kier molecular flexibility index (Phi) is 12.8. The average Bonchev–Trinajstić information content (AvgIpc) is 2.06. The number of nitrogens with one attached hydrogen (secondary N) is 1. The Bertz CT molecular complexity index is 91.0. The second-order valence-corrected chi connectivity index (χ2v) is 4.32. The highest BCUT2D eigenvalue weighted by atomic mass is 15.2. The Morgan fingerprint density at radius 1 is 1.14 bits per heavy atom. The molecule has 2 nitrogen and oxygen atoms in total. The normalized spacial score (nSPS) is 16.9. The van der Waals surface area contributed by atoms with Crippen molar-refractivity contribution in [3.8, 4) is 0 Å². The molecule has 0 bridgehead atoms. The molecule has 0 aromatic heterocycles. The van der Waals surface area contributed by atoms with E-state index in [2.05, 4.69) is 37.9 Å². The van der Waals surface area contributed by atoms with Gasteiger partial charge in [0.05, 0.1) is 0 Å². The Balaban J connectivity index is 0. The van der Waals surface area contributed by atoms with Crippen LogP contribution in [0.3, 0.4) is 0 Å². The van der Waals surface area contributed by atoms with Crippen molar-refractivity contribution in [3.05, 3.63) is 0 Å². The third kappa shape index (κ3) is 11.9. The molecule has 2 heteroatoms.